The van der Waals surface area contributed by atoms with E-state index < -0.39 is 10.8 Å². The van der Waals surface area contributed by atoms with Crippen LogP contribution in [0.25, 0.3) is 0 Å². The molecule has 0 bridgehead atoms. The number of carbonyl (C=O) groups excluding carboxylic acids is 1. The average molecular weight is 394 g/mol. The monoisotopic (exact) mass is 393 g/mol. The van der Waals surface area contributed by atoms with Crippen molar-refractivity contribution in [3.8, 4) is 0 Å². The van der Waals surface area contributed by atoms with E-state index >= 15 is 0 Å². The molecule has 1 aliphatic carbocycles. The van der Waals surface area contributed by atoms with Crippen LogP contribution in [-0.4, -0.2) is 47.1 Å². The second kappa shape index (κ2) is 9.83. The van der Waals surface area contributed by atoms with Crippen LogP contribution in [0.15, 0.2) is 24.3 Å². The largest absolute Gasteiger partial charge is 0.461 e. The first kappa shape index (κ1) is 22.1. The zero-order valence-corrected chi connectivity index (χ0v) is 18.3. The quantitative estimate of drug-likeness (QED) is 0.656. The summed E-state index contributed by atoms with van der Waals surface area (Å²) < 4.78 is 18.7. The molecule has 3 atom stereocenters. The summed E-state index contributed by atoms with van der Waals surface area (Å²) in [5.74, 6) is 0.355. The van der Waals surface area contributed by atoms with Crippen molar-refractivity contribution in [2.75, 3.05) is 20.6 Å². The highest BCUT2D eigenvalue weighted by atomic mass is 32.2. The van der Waals surface area contributed by atoms with E-state index in [9.17, 15) is 9.00 Å². The van der Waals surface area contributed by atoms with Crippen molar-refractivity contribution in [3.05, 3.63) is 35.4 Å². The van der Waals surface area contributed by atoms with Crippen molar-refractivity contribution in [1.29, 1.82) is 0 Å². The molecule has 1 fully saturated rings. The lowest BCUT2D eigenvalue weighted by molar-refractivity contribution is -0.150. The van der Waals surface area contributed by atoms with Crippen LogP contribution in [0.1, 0.15) is 64.0 Å². The van der Waals surface area contributed by atoms with Crippen LogP contribution in [0.3, 0.4) is 0 Å². The standard InChI is InChI=1S/C22H35NO3S/c1-22(2,3)18-12-10-17(11-13-18)16-27(25)20-9-7-6-8-19(20)26-21(24)14-15-23(4)5/h10-13,19-20H,6-9,14-16H2,1-5H3/t19-,20-,27+/m0/s1. The number of rotatable bonds is 7. The fourth-order valence-electron chi connectivity index (χ4n) is 3.41. The molecule has 0 N–H and O–H groups in total. The van der Waals surface area contributed by atoms with Crippen LogP contribution in [-0.2, 0) is 31.5 Å². The van der Waals surface area contributed by atoms with Crippen LogP contribution < -0.4 is 0 Å². The molecule has 0 saturated heterocycles. The molecule has 1 aliphatic rings. The number of hydrogen-bond acceptors (Lipinski definition) is 4. The molecule has 0 aromatic heterocycles. The smallest absolute Gasteiger partial charge is 0.307 e. The number of nitrogens with zero attached hydrogens (tertiary/aromatic N) is 1. The van der Waals surface area contributed by atoms with Crippen LogP contribution in [0.4, 0.5) is 0 Å². The molecule has 4 nitrogen and oxygen atoms in total. The van der Waals surface area contributed by atoms with E-state index in [4.69, 9.17) is 4.74 Å². The van der Waals surface area contributed by atoms with Gasteiger partial charge < -0.3 is 9.64 Å². The Labute approximate surface area is 167 Å². The minimum Gasteiger partial charge on any atom is -0.461 e. The Morgan fingerprint density at radius 1 is 1.15 bits per heavy atom. The number of hydrogen-bond donors (Lipinski definition) is 0. The fraction of sp³-hybridized carbons (Fsp3) is 0.682. The molecule has 0 unspecified atom stereocenters. The van der Waals surface area contributed by atoms with Crippen LogP contribution in [0, 0.1) is 0 Å². The molecular weight excluding hydrogens is 358 g/mol. The van der Waals surface area contributed by atoms with E-state index in [1.807, 2.05) is 19.0 Å². The highest BCUT2D eigenvalue weighted by Gasteiger charge is 2.32. The van der Waals surface area contributed by atoms with E-state index in [1.54, 1.807) is 0 Å². The van der Waals surface area contributed by atoms with Crippen LogP contribution in [0.5, 0.6) is 0 Å². The zero-order chi connectivity index (χ0) is 20.0. The van der Waals surface area contributed by atoms with Gasteiger partial charge in [-0.2, -0.15) is 0 Å². The first-order valence-electron chi connectivity index (χ1n) is 9.97. The average Bonchev–Trinajstić information content (AvgIpc) is 2.60. The lowest BCUT2D eigenvalue weighted by Crippen LogP contribution is -2.38. The number of carbonyl (C=O) groups is 1. The molecule has 2 rings (SSSR count). The Hall–Kier alpha value is -1.20. The van der Waals surface area contributed by atoms with Gasteiger partial charge in [0.2, 0.25) is 0 Å². The lowest BCUT2D eigenvalue weighted by atomic mass is 9.87. The second-order valence-corrected chi connectivity index (χ2v) is 10.5. The Morgan fingerprint density at radius 2 is 1.78 bits per heavy atom. The summed E-state index contributed by atoms with van der Waals surface area (Å²) in [6.07, 6.45) is 3.98. The van der Waals surface area contributed by atoms with Gasteiger partial charge in [-0.1, -0.05) is 51.5 Å². The summed E-state index contributed by atoms with van der Waals surface area (Å²) >= 11 is 0. The molecule has 1 aromatic carbocycles. The molecule has 1 saturated carbocycles. The summed E-state index contributed by atoms with van der Waals surface area (Å²) in [5.41, 5.74) is 2.49. The van der Waals surface area contributed by atoms with Crippen molar-refractivity contribution < 1.29 is 13.7 Å². The zero-order valence-electron chi connectivity index (χ0n) is 17.5. The molecule has 0 aliphatic heterocycles. The molecule has 0 heterocycles. The Bertz CT molecular complexity index is 634. The Balaban J connectivity index is 1.97. The van der Waals surface area contributed by atoms with E-state index in [-0.39, 0.29) is 22.7 Å². The molecule has 27 heavy (non-hydrogen) atoms. The molecule has 5 heteroatoms. The van der Waals surface area contributed by atoms with Gasteiger partial charge in [-0.05, 0) is 49.9 Å². The number of ether oxygens (including phenoxy) is 1. The van der Waals surface area contributed by atoms with Gasteiger partial charge in [0.25, 0.3) is 0 Å². The number of esters is 1. The summed E-state index contributed by atoms with van der Waals surface area (Å²) in [4.78, 5) is 14.1. The molecule has 1 aromatic rings. The normalized spacial score (nSPS) is 21.9. The summed E-state index contributed by atoms with van der Waals surface area (Å²) in [6, 6.07) is 8.43. The van der Waals surface area contributed by atoms with Crippen molar-refractivity contribution >= 4 is 16.8 Å². The molecule has 0 amide bonds. The van der Waals surface area contributed by atoms with E-state index in [1.165, 1.54) is 5.56 Å². The molecule has 152 valence electrons. The Morgan fingerprint density at radius 3 is 2.37 bits per heavy atom. The highest BCUT2D eigenvalue weighted by molar-refractivity contribution is 7.84. The first-order valence-corrected chi connectivity index (χ1v) is 11.4. The highest BCUT2D eigenvalue weighted by Crippen LogP contribution is 2.28. The van der Waals surface area contributed by atoms with Gasteiger partial charge in [0, 0.05) is 23.1 Å². The first-order chi connectivity index (χ1) is 12.7. The van der Waals surface area contributed by atoms with Gasteiger partial charge >= 0.3 is 5.97 Å². The second-order valence-electron chi connectivity index (χ2n) is 8.88. The third kappa shape index (κ3) is 7.04. The van der Waals surface area contributed by atoms with Gasteiger partial charge in [-0.25, -0.2) is 0 Å². The van der Waals surface area contributed by atoms with Crippen molar-refractivity contribution in [1.82, 2.24) is 4.90 Å². The fourth-order valence-corrected chi connectivity index (χ4v) is 5.11. The maximum atomic E-state index is 13.0. The van der Waals surface area contributed by atoms with Crippen molar-refractivity contribution in [3.63, 3.8) is 0 Å². The maximum absolute atomic E-state index is 13.0. The Kier molecular flexibility index (Phi) is 8.04. The third-order valence-corrected chi connectivity index (χ3v) is 6.99. The van der Waals surface area contributed by atoms with E-state index in [0.717, 1.165) is 31.2 Å². The summed E-state index contributed by atoms with van der Waals surface area (Å²) in [5, 5.41) is -0.0515. The van der Waals surface area contributed by atoms with E-state index in [2.05, 4.69) is 45.0 Å². The van der Waals surface area contributed by atoms with Crippen LogP contribution >= 0.6 is 0 Å². The molecule has 0 spiro atoms. The van der Waals surface area contributed by atoms with Gasteiger partial charge in [-0.3, -0.25) is 9.00 Å². The van der Waals surface area contributed by atoms with Gasteiger partial charge in [0.05, 0.1) is 11.7 Å². The van der Waals surface area contributed by atoms with Gasteiger partial charge in [-0.15, -0.1) is 0 Å². The lowest BCUT2D eigenvalue weighted by Gasteiger charge is -2.30. The van der Waals surface area contributed by atoms with Crippen molar-refractivity contribution in [2.45, 2.75) is 75.4 Å². The predicted molar refractivity (Wildman–Crippen MR) is 112 cm³/mol. The van der Waals surface area contributed by atoms with Gasteiger partial charge in [0.15, 0.2) is 0 Å². The molecule has 0 radical (unpaired) electrons. The van der Waals surface area contributed by atoms with Crippen LogP contribution in [0.2, 0.25) is 0 Å². The maximum Gasteiger partial charge on any atom is 0.307 e. The molecular formula is C22H35NO3S. The topological polar surface area (TPSA) is 46.6 Å². The van der Waals surface area contributed by atoms with E-state index in [0.29, 0.717) is 18.7 Å². The predicted octanol–water partition coefficient (Wildman–Crippen LogP) is 4.04. The number of benzene rings is 1. The minimum atomic E-state index is -1.03. The van der Waals surface area contributed by atoms with Gasteiger partial charge in [0.1, 0.15) is 6.10 Å². The summed E-state index contributed by atoms with van der Waals surface area (Å²) in [6.45, 7) is 7.26. The summed E-state index contributed by atoms with van der Waals surface area (Å²) in [7, 11) is 2.85. The van der Waals surface area contributed by atoms with Crippen molar-refractivity contribution in [2.24, 2.45) is 0 Å². The minimum absolute atomic E-state index is 0.0515. The SMILES string of the molecule is CN(C)CCC(=O)O[C@H]1CCCC[C@@H]1[S@](=O)Cc1ccc(C(C)(C)C)cc1. The third-order valence-electron chi connectivity index (χ3n) is 5.15.